The topological polar surface area (TPSA) is 74.6 Å². The van der Waals surface area contributed by atoms with Crippen molar-refractivity contribution >= 4 is 23.5 Å². The summed E-state index contributed by atoms with van der Waals surface area (Å²) in [6.07, 6.45) is 0. The first-order chi connectivity index (χ1) is 6.43. The molecule has 0 fully saturated rings. The van der Waals surface area contributed by atoms with Crippen LogP contribution in [0, 0.1) is 6.92 Å². The molecule has 1 aromatic carbocycles. The predicted molar refractivity (Wildman–Crippen MR) is 49.8 cm³/mol. The second-order valence-electron chi connectivity index (χ2n) is 2.60. The van der Waals surface area contributed by atoms with Gasteiger partial charge in [0.1, 0.15) is 0 Å². The van der Waals surface area contributed by atoms with Gasteiger partial charge >= 0.3 is 11.9 Å². The van der Waals surface area contributed by atoms with E-state index in [1.165, 1.54) is 6.07 Å². The van der Waals surface area contributed by atoms with Crippen molar-refractivity contribution in [3.05, 3.63) is 40.8 Å². The molecular weight excluding hydrogens is 208 g/mol. The van der Waals surface area contributed by atoms with Gasteiger partial charge in [-0.15, -0.1) is 0 Å². The Bertz CT molecular complexity index is 412. The van der Waals surface area contributed by atoms with Crippen molar-refractivity contribution < 1.29 is 19.8 Å². The highest BCUT2D eigenvalue weighted by atomic mass is 35.5. The Morgan fingerprint density at radius 1 is 1.21 bits per heavy atom. The van der Waals surface area contributed by atoms with Gasteiger partial charge in [0.25, 0.3) is 0 Å². The monoisotopic (exact) mass is 213 g/mol. The Kier molecular flexibility index (Phi) is 2.76. The third-order valence-corrected chi connectivity index (χ3v) is 1.85. The maximum atomic E-state index is 10.7. The molecule has 14 heavy (non-hydrogen) atoms. The minimum Gasteiger partial charge on any atom is -0.478 e. The van der Waals surface area contributed by atoms with E-state index in [0.717, 1.165) is 6.07 Å². The van der Waals surface area contributed by atoms with E-state index in [1.807, 2.05) is 0 Å². The van der Waals surface area contributed by atoms with Crippen LogP contribution in [-0.4, -0.2) is 22.2 Å². The Labute approximate surface area is 84.7 Å². The van der Waals surface area contributed by atoms with Crippen LogP contribution in [0.5, 0.6) is 0 Å². The Morgan fingerprint density at radius 3 is 2.21 bits per heavy atom. The van der Waals surface area contributed by atoms with Gasteiger partial charge in [0.15, 0.2) is 0 Å². The smallest absolute Gasteiger partial charge is 0.336 e. The molecule has 0 aliphatic rings. The molecule has 0 aliphatic heterocycles. The maximum absolute atomic E-state index is 10.7. The van der Waals surface area contributed by atoms with Gasteiger partial charge in [0, 0.05) is 5.02 Å². The van der Waals surface area contributed by atoms with E-state index in [-0.39, 0.29) is 21.7 Å². The quantitative estimate of drug-likeness (QED) is 0.787. The lowest BCUT2D eigenvalue weighted by Crippen LogP contribution is -2.10. The zero-order chi connectivity index (χ0) is 10.9. The third kappa shape index (κ3) is 1.85. The van der Waals surface area contributed by atoms with Crippen LogP contribution in [0.25, 0.3) is 0 Å². The summed E-state index contributed by atoms with van der Waals surface area (Å²) in [6.45, 7) is 3.42. The summed E-state index contributed by atoms with van der Waals surface area (Å²) in [5, 5.41) is 17.6. The highest BCUT2D eigenvalue weighted by molar-refractivity contribution is 6.31. The highest BCUT2D eigenvalue weighted by Crippen LogP contribution is 2.20. The SMILES string of the molecule is [CH2]c1cc(Cl)cc(C(=O)O)c1C(=O)O. The molecule has 0 saturated heterocycles. The van der Waals surface area contributed by atoms with Gasteiger partial charge in [0.2, 0.25) is 0 Å². The Balaban J connectivity index is 3.52. The Hall–Kier alpha value is -1.55. The van der Waals surface area contributed by atoms with Crippen molar-refractivity contribution in [3.63, 3.8) is 0 Å². The first-order valence-corrected chi connectivity index (χ1v) is 3.93. The molecule has 1 rings (SSSR count). The van der Waals surface area contributed by atoms with E-state index < -0.39 is 11.9 Å². The fourth-order valence-corrected chi connectivity index (χ4v) is 1.33. The fraction of sp³-hybridized carbons (Fsp3) is 0. The van der Waals surface area contributed by atoms with Crippen molar-refractivity contribution in [1.82, 2.24) is 0 Å². The minimum atomic E-state index is -1.34. The van der Waals surface area contributed by atoms with Crippen LogP contribution in [-0.2, 0) is 0 Å². The first-order valence-electron chi connectivity index (χ1n) is 3.55. The summed E-state index contributed by atoms with van der Waals surface area (Å²) in [6, 6.07) is 2.39. The van der Waals surface area contributed by atoms with Gasteiger partial charge in [-0.25, -0.2) is 9.59 Å². The van der Waals surface area contributed by atoms with Crippen molar-refractivity contribution in [2.24, 2.45) is 0 Å². The van der Waals surface area contributed by atoms with Crippen molar-refractivity contribution in [3.8, 4) is 0 Å². The average molecular weight is 214 g/mol. The molecule has 0 aliphatic carbocycles. The lowest BCUT2D eigenvalue weighted by atomic mass is 10.0. The number of carboxylic acids is 2. The molecule has 4 nitrogen and oxygen atoms in total. The van der Waals surface area contributed by atoms with Gasteiger partial charge < -0.3 is 10.2 Å². The molecule has 0 aromatic heterocycles. The molecule has 1 aromatic rings. The standard InChI is InChI=1S/C9H6ClO4/c1-4-2-5(10)3-6(8(11)12)7(4)9(13)14/h2-3H,1H2,(H,11,12)(H,13,14). The molecule has 0 saturated carbocycles. The lowest BCUT2D eigenvalue weighted by Gasteiger charge is -2.05. The number of benzene rings is 1. The largest absolute Gasteiger partial charge is 0.478 e. The molecule has 2 N–H and O–H groups in total. The van der Waals surface area contributed by atoms with Gasteiger partial charge in [-0.1, -0.05) is 11.6 Å². The second-order valence-corrected chi connectivity index (χ2v) is 3.03. The van der Waals surface area contributed by atoms with Crippen molar-refractivity contribution in [2.45, 2.75) is 0 Å². The molecule has 0 amide bonds. The molecule has 0 heterocycles. The lowest BCUT2D eigenvalue weighted by molar-refractivity contribution is 0.0651. The van der Waals surface area contributed by atoms with Crippen LogP contribution < -0.4 is 0 Å². The molecule has 73 valence electrons. The minimum absolute atomic E-state index is 0.0856. The van der Waals surface area contributed by atoms with E-state index in [1.54, 1.807) is 0 Å². The number of aromatic carboxylic acids is 2. The van der Waals surface area contributed by atoms with Crippen molar-refractivity contribution in [2.75, 3.05) is 0 Å². The van der Waals surface area contributed by atoms with E-state index in [9.17, 15) is 9.59 Å². The normalized spacial score (nSPS) is 9.86. The fourth-order valence-electron chi connectivity index (χ4n) is 1.08. The maximum Gasteiger partial charge on any atom is 0.336 e. The summed E-state index contributed by atoms with van der Waals surface area (Å²) < 4.78 is 0. The summed E-state index contributed by atoms with van der Waals surface area (Å²) in [7, 11) is 0. The van der Waals surface area contributed by atoms with Gasteiger partial charge in [-0.3, -0.25) is 0 Å². The molecule has 0 unspecified atom stereocenters. The number of carbonyl (C=O) groups is 2. The summed E-state index contributed by atoms with van der Waals surface area (Å²) in [4.78, 5) is 21.4. The summed E-state index contributed by atoms with van der Waals surface area (Å²) in [5.74, 6) is -2.67. The Morgan fingerprint density at radius 2 is 1.79 bits per heavy atom. The third-order valence-electron chi connectivity index (χ3n) is 1.63. The average Bonchev–Trinajstić information content (AvgIpc) is 2.01. The number of halogens is 1. The molecule has 0 bridgehead atoms. The van der Waals surface area contributed by atoms with E-state index in [4.69, 9.17) is 21.8 Å². The predicted octanol–water partition coefficient (Wildman–Crippen LogP) is 1.92. The second kappa shape index (κ2) is 3.67. The number of hydrogen-bond donors (Lipinski definition) is 2. The van der Waals surface area contributed by atoms with Crippen LogP contribution in [0.2, 0.25) is 5.02 Å². The van der Waals surface area contributed by atoms with Crippen LogP contribution in [0.1, 0.15) is 26.3 Å². The summed E-state index contributed by atoms with van der Waals surface area (Å²) in [5.41, 5.74) is -0.598. The molecular formula is C9H6ClO4. The number of hydrogen-bond acceptors (Lipinski definition) is 2. The highest BCUT2D eigenvalue weighted by Gasteiger charge is 2.19. The molecule has 0 spiro atoms. The number of rotatable bonds is 2. The molecule has 0 atom stereocenters. The molecule has 5 heteroatoms. The zero-order valence-electron chi connectivity index (χ0n) is 6.95. The van der Waals surface area contributed by atoms with Gasteiger partial charge in [0.05, 0.1) is 11.1 Å². The number of carboxylic acid groups (broad SMARTS) is 2. The molecule has 1 radical (unpaired) electrons. The van der Waals surface area contributed by atoms with Crippen LogP contribution >= 0.6 is 11.6 Å². The van der Waals surface area contributed by atoms with Gasteiger partial charge in [-0.2, -0.15) is 0 Å². The zero-order valence-corrected chi connectivity index (χ0v) is 7.71. The van der Waals surface area contributed by atoms with Crippen LogP contribution in [0.4, 0.5) is 0 Å². The van der Waals surface area contributed by atoms with Crippen molar-refractivity contribution in [1.29, 1.82) is 0 Å². The first kappa shape index (κ1) is 10.5. The van der Waals surface area contributed by atoms with E-state index >= 15 is 0 Å². The van der Waals surface area contributed by atoms with Crippen LogP contribution in [0.15, 0.2) is 12.1 Å². The van der Waals surface area contributed by atoms with Gasteiger partial charge in [-0.05, 0) is 24.6 Å². The summed E-state index contributed by atoms with van der Waals surface area (Å²) >= 11 is 5.57. The van der Waals surface area contributed by atoms with E-state index in [2.05, 4.69) is 6.92 Å². The van der Waals surface area contributed by atoms with E-state index in [0.29, 0.717) is 0 Å². The van der Waals surface area contributed by atoms with Crippen LogP contribution in [0.3, 0.4) is 0 Å².